The first-order chi connectivity index (χ1) is 15.5. The van der Waals surface area contributed by atoms with Gasteiger partial charge >= 0.3 is 0 Å². The van der Waals surface area contributed by atoms with E-state index in [0.717, 1.165) is 24.3 Å². The van der Waals surface area contributed by atoms with Crippen molar-refractivity contribution in [3.8, 4) is 0 Å². The normalized spacial score (nSPS) is 15.8. The molecular weight excluding hydrogens is 411 g/mol. The summed E-state index contributed by atoms with van der Waals surface area (Å²) >= 11 is 0. The van der Waals surface area contributed by atoms with Gasteiger partial charge in [-0.15, -0.1) is 0 Å². The van der Waals surface area contributed by atoms with Crippen LogP contribution < -0.4 is 16.0 Å². The monoisotopic (exact) mass is 442 g/mol. The molecular formula is C23H31FN6O2. The number of carbonyl (C=O) groups is 1. The smallest absolute Gasteiger partial charge is 0.227 e. The molecule has 0 bridgehead atoms. The minimum atomic E-state index is -0.251. The molecule has 1 fully saturated rings. The lowest BCUT2D eigenvalue weighted by molar-refractivity contribution is -0.116. The molecule has 1 amide bonds. The van der Waals surface area contributed by atoms with Gasteiger partial charge in [0.15, 0.2) is 5.96 Å². The number of aliphatic imine (C=N–C) groups is 1. The third kappa shape index (κ3) is 7.28. The third-order valence-corrected chi connectivity index (χ3v) is 5.23. The summed E-state index contributed by atoms with van der Waals surface area (Å²) in [5.74, 6) is 0.777. The van der Waals surface area contributed by atoms with Crippen molar-refractivity contribution in [1.82, 2.24) is 20.5 Å². The summed E-state index contributed by atoms with van der Waals surface area (Å²) < 4.78 is 18.9. The summed E-state index contributed by atoms with van der Waals surface area (Å²) in [6.45, 7) is 5.86. The van der Waals surface area contributed by atoms with Crippen LogP contribution in [0.3, 0.4) is 0 Å². The molecule has 1 aliphatic rings. The number of morpholine rings is 1. The number of pyridine rings is 1. The number of rotatable bonds is 8. The molecule has 9 heteroatoms. The molecule has 0 aliphatic carbocycles. The second-order valence-electron chi connectivity index (χ2n) is 7.56. The average molecular weight is 443 g/mol. The summed E-state index contributed by atoms with van der Waals surface area (Å²) in [6.07, 6.45) is 0.279. The van der Waals surface area contributed by atoms with Crippen LogP contribution in [0.4, 0.5) is 10.2 Å². The zero-order chi connectivity index (χ0) is 22.8. The van der Waals surface area contributed by atoms with Crippen LogP contribution in [0.1, 0.15) is 23.7 Å². The first kappa shape index (κ1) is 23.6. The lowest BCUT2D eigenvalue weighted by Crippen LogP contribution is -2.46. The van der Waals surface area contributed by atoms with E-state index in [1.165, 1.54) is 12.1 Å². The maximum absolute atomic E-state index is 13.4. The van der Waals surface area contributed by atoms with E-state index in [-0.39, 0.29) is 24.2 Å². The quantitative estimate of drug-likeness (QED) is 0.429. The largest absolute Gasteiger partial charge is 0.379 e. The van der Waals surface area contributed by atoms with E-state index < -0.39 is 0 Å². The zero-order valence-corrected chi connectivity index (χ0v) is 18.6. The molecule has 1 aliphatic heterocycles. The van der Waals surface area contributed by atoms with Gasteiger partial charge < -0.3 is 20.7 Å². The number of ether oxygens (including phenoxy) is 1. The fourth-order valence-electron chi connectivity index (χ4n) is 3.56. The van der Waals surface area contributed by atoms with E-state index in [0.29, 0.717) is 38.1 Å². The van der Waals surface area contributed by atoms with Gasteiger partial charge in [-0.3, -0.25) is 14.7 Å². The molecule has 1 saturated heterocycles. The maximum Gasteiger partial charge on any atom is 0.227 e. The van der Waals surface area contributed by atoms with Gasteiger partial charge in [0.25, 0.3) is 0 Å². The van der Waals surface area contributed by atoms with Crippen molar-refractivity contribution in [2.75, 3.05) is 51.8 Å². The third-order valence-electron chi connectivity index (χ3n) is 5.23. The highest BCUT2D eigenvalue weighted by molar-refractivity contribution is 5.90. The summed E-state index contributed by atoms with van der Waals surface area (Å²) in [4.78, 5) is 23.0. The molecule has 3 rings (SSSR count). The number of aromatic nitrogens is 1. The number of aryl methyl sites for hydroxylation is 1. The molecule has 0 saturated carbocycles. The maximum atomic E-state index is 13.4. The van der Waals surface area contributed by atoms with Gasteiger partial charge in [-0.1, -0.05) is 18.2 Å². The number of carbonyl (C=O) groups excluding carboxylic acids is 1. The number of halogens is 1. The molecule has 3 N–H and O–H groups in total. The van der Waals surface area contributed by atoms with Crippen LogP contribution >= 0.6 is 0 Å². The van der Waals surface area contributed by atoms with E-state index in [9.17, 15) is 9.18 Å². The number of benzene rings is 1. The van der Waals surface area contributed by atoms with Gasteiger partial charge in [0.1, 0.15) is 11.6 Å². The Labute approximate surface area is 188 Å². The van der Waals surface area contributed by atoms with Crippen molar-refractivity contribution in [1.29, 1.82) is 0 Å². The van der Waals surface area contributed by atoms with Gasteiger partial charge in [0.2, 0.25) is 5.91 Å². The Morgan fingerprint density at radius 1 is 1.19 bits per heavy atom. The predicted molar refractivity (Wildman–Crippen MR) is 123 cm³/mol. The van der Waals surface area contributed by atoms with E-state index in [4.69, 9.17) is 4.74 Å². The predicted octanol–water partition coefficient (Wildman–Crippen LogP) is 2.10. The Balaban J connectivity index is 1.50. The molecule has 1 aromatic heterocycles. The SMILES string of the molecule is CN=C(NCCC(=O)Nc1cccc(C)n1)NCC(c1ccc(F)cc1)N1CCOCC1. The van der Waals surface area contributed by atoms with Crippen molar-refractivity contribution in [3.05, 3.63) is 59.5 Å². The van der Waals surface area contributed by atoms with Crippen LogP contribution in [0.5, 0.6) is 0 Å². The number of nitrogens with one attached hydrogen (secondary N) is 3. The van der Waals surface area contributed by atoms with Crippen LogP contribution in [-0.4, -0.2) is 68.2 Å². The van der Waals surface area contributed by atoms with Crippen molar-refractivity contribution in [2.24, 2.45) is 4.99 Å². The van der Waals surface area contributed by atoms with Crippen LogP contribution in [-0.2, 0) is 9.53 Å². The van der Waals surface area contributed by atoms with Crippen LogP contribution in [0.2, 0.25) is 0 Å². The van der Waals surface area contributed by atoms with Crippen molar-refractivity contribution < 1.29 is 13.9 Å². The Bertz CT molecular complexity index is 900. The fourth-order valence-corrected chi connectivity index (χ4v) is 3.56. The summed E-state index contributed by atoms with van der Waals surface area (Å²) in [5.41, 5.74) is 1.88. The highest BCUT2D eigenvalue weighted by Gasteiger charge is 2.23. The second-order valence-corrected chi connectivity index (χ2v) is 7.56. The minimum absolute atomic E-state index is 0.0498. The summed E-state index contributed by atoms with van der Waals surface area (Å²) in [6, 6.07) is 12.1. The molecule has 1 atom stereocenters. The number of nitrogens with zero attached hydrogens (tertiary/aromatic N) is 3. The minimum Gasteiger partial charge on any atom is -0.379 e. The Morgan fingerprint density at radius 3 is 2.62 bits per heavy atom. The van der Waals surface area contributed by atoms with E-state index in [1.807, 2.05) is 31.2 Å². The number of hydrogen-bond donors (Lipinski definition) is 3. The van der Waals surface area contributed by atoms with Crippen molar-refractivity contribution >= 4 is 17.7 Å². The van der Waals surface area contributed by atoms with Gasteiger partial charge in [0, 0.05) is 45.3 Å². The average Bonchev–Trinajstić information content (AvgIpc) is 2.80. The number of amides is 1. The van der Waals surface area contributed by atoms with E-state index >= 15 is 0 Å². The molecule has 1 unspecified atom stereocenters. The molecule has 0 spiro atoms. The topological polar surface area (TPSA) is 90.9 Å². The van der Waals surface area contributed by atoms with Crippen LogP contribution in [0.15, 0.2) is 47.5 Å². The van der Waals surface area contributed by atoms with Crippen molar-refractivity contribution in [2.45, 2.75) is 19.4 Å². The molecule has 32 heavy (non-hydrogen) atoms. The van der Waals surface area contributed by atoms with Crippen molar-refractivity contribution in [3.63, 3.8) is 0 Å². The number of guanidine groups is 1. The first-order valence-corrected chi connectivity index (χ1v) is 10.8. The highest BCUT2D eigenvalue weighted by Crippen LogP contribution is 2.21. The fraction of sp³-hybridized carbons (Fsp3) is 0.435. The van der Waals surface area contributed by atoms with Gasteiger partial charge in [0.05, 0.1) is 19.3 Å². The van der Waals surface area contributed by atoms with Gasteiger partial charge in [-0.05, 0) is 36.8 Å². The molecule has 2 aromatic rings. The lowest BCUT2D eigenvalue weighted by Gasteiger charge is -2.35. The molecule has 172 valence electrons. The molecule has 2 heterocycles. The summed E-state index contributed by atoms with van der Waals surface area (Å²) in [5, 5.41) is 9.29. The Kier molecular flexibility index (Phi) is 8.94. The molecule has 0 radical (unpaired) electrons. The van der Waals surface area contributed by atoms with Crippen LogP contribution in [0.25, 0.3) is 0 Å². The highest BCUT2D eigenvalue weighted by atomic mass is 19.1. The lowest BCUT2D eigenvalue weighted by atomic mass is 10.0. The van der Waals surface area contributed by atoms with Gasteiger partial charge in [-0.25, -0.2) is 9.37 Å². The summed E-state index contributed by atoms with van der Waals surface area (Å²) in [7, 11) is 1.69. The zero-order valence-electron chi connectivity index (χ0n) is 18.6. The Morgan fingerprint density at radius 2 is 1.94 bits per heavy atom. The van der Waals surface area contributed by atoms with E-state index in [2.05, 4.69) is 30.8 Å². The van der Waals surface area contributed by atoms with Gasteiger partial charge in [-0.2, -0.15) is 0 Å². The Hall–Kier alpha value is -3.04. The van der Waals surface area contributed by atoms with Crippen LogP contribution in [0, 0.1) is 12.7 Å². The first-order valence-electron chi connectivity index (χ1n) is 10.8. The number of hydrogen-bond acceptors (Lipinski definition) is 5. The standard InChI is InChI=1S/C23H31FN6O2/c1-17-4-3-5-21(28-17)29-22(31)10-11-26-23(25-2)27-16-20(30-12-14-32-15-13-30)18-6-8-19(24)9-7-18/h3-9,20H,10-16H2,1-2H3,(H2,25,26,27)(H,28,29,31). The van der Waals surface area contributed by atoms with E-state index in [1.54, 1.807) is 13.1 Å². The second kappa shape index (κ2) is 12.1. The molecule has 8 nitrogen and oxygen atoms in total. The molecule has 1 aromatic carbocycles. The number of anilines is 1.